The van der Waals surface area contributed by atoms with Crippen molar-refractivity contribution in [1.29, 1.82) is 0 Å². The first kappa shape index (κ1) is 31.2. The Morgan fingerprint density at radius 2 is 1.74 bits per heavy atom. The molecule has 0 spiro atoms. The van der Waals surface area contributed by atoms with E-state index < -0.39 is 31.9 Å². The number of hydrogen-bond donors (Lipinski definition) is 1. The third-order valence-electron chi connectivity index (χ3n) is 6.81. The number of halogens is 3. The van der Waals surface area contributed by atoms with E-state index in [1.807, 2.05) is 0 Å². The van der Waals surface area contributed by atoms with Gasteiger partial charge in [0.15, 0.2) is 14.1 Å². The third-order valence-corrected chi connectivity index (χ3v) is 12.0. The zero-order valence-corrected chi connectivity index (χ0v) is 26.2. The van der Waals surface area contributed by atoms with E-state index in [0.717, 1.165) is 6.07 Å². The maximum absolute atomic E-state index is 14.0. The molecule has 0 aliphatic carbocycles. The van der Waals surface area contributed by atoms with Gasteiger partial charge in [0.1, 0.15) is 23.2 Å². The second-order valence-corrected chi connectivity index (χ2v) is 17.7. The maximum atomic E-state index is 14.0. The third kappa shape index (κ3) is 7.66. The topological polar surface area (TPSA) is 77.1 Å². The number of ether oxygens (including phenoxy) is 2. The van der Waals surface area contributed by atoms with Gasteiger partial charge in [-0.2, -0.15) is 0 Å². The Kier molecular flexibility index (Phi) is 9.32. The molecular formula is C28H37Cl2FN2O5Si. The molecule has 2 aromatic carbocycles. The summed E-state index contributed by atoms with van der Waals surface area (Å²) in [6, 6.07) is 6.28. The van der Waals surface area contributed by atoms with Gasteiger partial charge in [0.2, 0.25) is 5.91 Å². The summed E-state index contributed by atoms with van der Waals surface area (Å²) in [5, 5.41) is 3.08. The van der Waals surface area contributed by atoms with Gasteiger partial charge in [0, 0.05) is 19.0 Å². The first-order chi connectivity index (χ1) is 17.9. The zero-order valence-electron chi connectivity index (χ0n) is 23.7. The first-order valence-electron chi connectivity index (χ1n) is 12.8. The van der Waals surface area contributed by atoms with Gasteiger partial charge < -0.3 is 24.1 Å². The van der Waals surface area contributed by atoms with Gasteiger partial charge >= 0.3 is 6.09 Å². The van der Waals surface area contributed by atoms with Crippen LogP contribution in [0.5, 0.6) is 11.5 Å². The molecule has 3 rings (SSSR count). The fraction of sp³-hybridized carbons (Fsp3) is 0.500. The maximum Gasteiger partial charge on any atom is 0.408 e. The van der Waals surface area contributed by atoms with Crippen LogP contribution in [0.15, 0.2) is 30.3 Å². The molecular weight excluding hydrogens is 562 g/mol. The summed E-state index contributed by atoms with van der Waals surface area (Å²) in [6.07, 6.45) is -0.518. The summed E-state index contributed by atoms with van der Waals surface area (Å²) in [7, 11) is -2.12. The lowest BCUT2D eigenvalue weighted by Gasteiger charge is -2.39. The Hall–Kier alpha value is -2.33. The SMILES string of the molecule is CC(C)(C)OC(=O)N[C@@H]1Cc2ccc(Cl)c(Oc3cc(F)ccc3Cl)c2N(CCO[Si](C)(C)C(C)(C)C)C1=O. The van der Waals surface area contributed by atoms with Gasteiger partial charge in [-0.25, -0.2) is 9.18 Å². The summed E-state index contributed by atoms with van der Waals surface area (Å²) in [6.45, 7) is 16.3. The molecule has 0 radical (unpaired) electrons. The highest BCUT2D eigenvalue weighted by atomic mass is 35.5. The molecule has 1 N–H and O–H groups in total. The molecule has 11 heteroatoms. The van der Waals surface area contributed by atoms with Crippen molar-refractivity contribution >= 4 is 49.2 Å². The van der Waals surface area contributed by atoms with Crippen molar-refractivity contribution in [2.45, 2.75) is 77.7 Å². The van der Waals surface area contributed by atoms with Crippen molar-refractivity contribution in [2.75, 3.05) is 18.1 Å². The minimum absolute atomic E-state index is 0.0245. The highest BCUT2D eigenvalue weighted by Gasteiger charge is 2.40. The van der Waals surface area contributed by atoms with Crippen molar-refractivity contribution in [3.05, 3.63) is 51.8 Å². The highest BCUT2D eigenvalue weighted by molar-refractivity contribution is 6.74. The van der Waals surface area contributed by atoms with Crippen LogP contribution in [-0.4, -0.2) is 45.1 Å². The summed E-state index contributed by atoms with van der Waals surface area (Å²) in [5.74, 6) is -0.679. The lowest BCUT2D eigenvalue weighted by atomic mass is 9.96. The molecule has 0 bridgehead atoms. The Bertz CT molecular complexity index is 1240. The quantitative estimate of drug-likeness (QED) is 0.330. The van der Waals surface area contributed by atoms with Crippen LogP contribution < -0.4 is 15.0 Å². The number of nitrogens with one attached hydrogen (secondary N) is 1. The Balaban J connectivity index is 2.01. The highest BCUT2D eigenvalue weighted by Crippen LogP contribution is 2.45. The molecule has 0 unspecified atom stereocenters. The van der Waals surface area contributed by atoms with E-state index in [-0.39, 0.29) is 52.1 Å². The fourth-order valence-electron chi connectivity index (χ4n) is 3.81. The molecule has 1 aliphatic rings. The van der Waals surface area contributed by atoms with Crippen molar-refractivity contribution in [3.8, 4) is 11.5 Å². The molecule has 0 fully saturated rings. The predicted molar refractivity (Wildman–Crippen MR) is 155 cm³/mol. The van der Waals surface area contributed by atoms with Crippen LogP contribution >= 0.6 is 23.2 Å². The molecule has 1 atom stereocenters. The molecule has 0 saturated carbocycles. The monoisotopic (exact) mass is 598 g/mol. The number of hydrogen-bond acceptors (Lipinski definition) is 5. The number of carbonyl (C=O) groups excluding carboxylic acids is 2. The first-order valence-corrected chi connectivity index (χ1v) is 16.4. The minimum Gasteiger partial charge on any atom is -0.452 e. The van der Waals surface area contributed by atoms with Crippen LogP contribution in [0.25, 0.3) is 0 Å². The fourth-order valence-corrected chi connectivity index (χ4v) is 5.19. The second-order valence-electron chi connectivity index (χ2n) is 12.1. The van der Waals surface area contributed by atoms with Crippen LogP contribution in [0, 0.1) is 5.82 Å². The van der Waals surface area contributed by atoms with E-state index in [9.17, 15) is 14.0 Å². The lowest BCUT2D eigenvalue weighted by Crippen LogP contribution is -2.55. The van der Waals surface area contributed by atoms with Gasteiger partial charge in [-0.1, -0.05) is 50.0 Å². The van der Waals surface area contributed by atoms with Crippen LogP contribution in [-0.2, 0) is 20.4 Å². The van der Waals surface area contributed by atoms with E-state index in [1.54, 1.807) is 32.9 Å². The Morgan fingerprint density at radius 1 is 1.10 bits per heavy atom. The Labute approximate surface area is 241 Å². The largest absolute Gasteiger partial charge is 0.452 e. The lowest BCUT2D eigenvalue weighted by molar-refractivity contribution is -0.121. The van der Waals surface area contributed by atoms with Crippen LogP contribution in [0.2, 0.25) is 28.2 Å². The molecule has 2 amide bonds. The van der Waals surface area contributed by atoms with E-state index in [0.29, 0.717) is 11.3 Å². The molecule has 0 saturated heterocycles. The van der Waals surface area contributed by atoms with E-state index in [4.69, 9.17) is 37.1 Å². The van der Waals surface area contributed by atoms with Gasteiger partial charge in [-0.15, -0.1) is 0 Å². The van der Waals surface area contributed by atoms with Crippen molar-refractivity contribution in [2.24, 2.45) is 0 Å². The molecule has 0 aromatic heterocycles. The Morgan fingerprint density at radius 3 is 2.36 bits per heavy atom. The zero-order chi connectivity index (χ0) is 29.3. The summed E-state index contributed by atoms with van der Waals surface area (Å²) in [5.41, 5.74) is 0.402. The molecule has 7 nitrogen and oxygen atoms in total. The van der Waals surface area contributed by atoms with Gasteiger partial charge in [-0.05, 0) is 62.7 Å². The van der Waals surface area contributed by atoms with Crippen molar-refractivity contribution < 1.29 is 27.9 Å². The predicted octanol–water partition coefficient (Wildman–Crippen LogP) is 7.73. The normalized spacial score (nSPS) is 16.1. The van der Waals surface area contributed by atoms with Gasteiger partial charge in [0.25, 0.3) is 0 Å². The molecule has 2 aromatic rings. The van der Waals surface area contributed by atoms with E-state index in [1.165, 1.54) is 17.0 Å². The molecule has 214 valence electrons. The summed E-state index contributed by atoms with van der Waals surface area (Å²) < 4.78 is 31.8. The molecule has 1 aliphatic heterocycles. The number of alkyl carbamates (subject to hydrolysis) is 1. The second kappa shape index (κ2) is 11.6. The molecule has 1 heterocycles. The van der Waals surface area contributed by atoms with E-state index in [2.05, 4.69) is 39.2 Å². The van der Waals surface area contributed by atoms with Crippen LogP contribution in [0.4, 0.5) is 14.9 Å². The molecule has 39 heavy (non-hydrogen) atoms. The van der Waals surface area contributed by atoms with Crippen molar-refractivity contribution in [1.82, 2.24) is 5.32 Å². The number of amides is 2. The number of anilines is 1. The number of fused-ring (bicyclic) bond motifs is 1. The smallest absolute Gasteiger partial charge is 0.408 e. The van der Waals surface area contributed by atoms with Gasteiger partial charge in [-0.3, -0.25) is 4.79 Å². The van der Waals surface area contributed by atoms with Crippen molar-refractivity contribution in [3.63, 3.8) is 0 Å². The number of rotatable bonds is 7. The van der Waals surface area contributed by atoms with Crippen LogP contribution in [0.1, 0.15) is 47.1 Å². The number of carbonyl (C=O) groups is 2. The number of nitrogens with zero attached hydrogens (tertiary/aromatic N) is 1. The summed E-state index contributed by atoms with van der Waals surface area (Å²) in [4.78, 5) is 27.9. The standard InChI is InChI=1S/C28H37Cl2FN2O5Si/c1-27(2,3)38-26(35)32-21-15-17-9-11-20(30)24(37-22-16-18(31)10-12-19(22)29)23(17)33(25(21)34)13-14-36-39(7,8)28(4,5)6/h9-12,16,21H,13-15H2,1-8H3,(H,32,35)/t21-/m1/s1. The van der Waals surface area contributed by atoms with E-state index >= 15 is 0 Å². The number of benzene rings is 2. The average Bonchev–Trinajstić information content (AvgIpc) is 2.78. The summed E-state index contributed by atoms with van der Waals surface area (Å²) >= 11 is 12.8. The minimum atomic E-state index is -2.12. The van der Waals surface area contributed by atoms with Gasteiger partial charge in [0.05, 0.1) is 22.3 Å². The van der Waals surface area contributed by atoms with Crippen LogP contribution in [0.3, 0.4) is 0 Å². The average molecular weight is 600 g/mol.